The number of hydrogen-bond acceptors (Lipinski definition) is 6. The summed E-state index contributed by atoms with van der Waals surface area (Å²) in [7, 11) is 0. The number of thiazole rings is 1. The molecule has 192 valence electrons. The van der Waals surface area contributed by atoms with Crippen LogP contribution in [0.1, 0.15) is 22.8 Å². The lowest BCUT2D eigenvalue weighted by Crippen LogP contribution is -2.30. The lowest BCUT2D eigenvalue weighted by atomic mass is 10.1. The van der Waals surface area contributed by atoms with Crippen molar-refractivity contribution in [2.75, 3.05) is 10.6 Å². The van der Waals surface area contributed by atoms with Crippen molar-refractivity contribution in [1.82, 2.24) is 10.3 Å². The third-order valence-electron chi connectivity index (χ3n) is 5.17. The molecule has 0 radical (unpaired) electrons. The third-order valence-corrected chi connectivity index (χ3v) is 6.95. The van der Waals surface area contributed by atoms with Crippen molar-refractivity contribution in [2.45, 2.75) is 17.1 Å². The SMILES string of the molecule is CC(Sc1cccc(NC(=O)/C(=C/c2ccccc2F)NC(=O)c2ccccc2)c1)C(=O)Nc1nccs1. The second-order valence-corrected chi connectivity index (χ2v) is 10.3. The zero-order chi connectivity index (χ0) is 26.9. The normalized spacial score (nSPS) is 11.9. The highest BCUT2D eigenvalue weighted by molar-refractivity contribution is 8.00. The fourth-order valence-electron chi connectivity index (χ4n) is 3.29. The highest BCUT2D eigenvalue weighted by Gasteiger charge is 2.18. The van der Waals surface area contributed by atoms with Crippen LogP contribution in [0.25, 0.3) is 6.08 Å². The van der Waals surface area contributed by atoms with Crippen LogP contribution in [-0.2, 0) is 9.59 Å². The minimum Gasteiger partial charge on any atom is -0.321 e. The van der Waals surface area contributed by atoms with Crippen LogP contribution in [0.2, 0.25) is 0 Å². The van der Waals surface area contributed by atoms with Crippen LogP contribution in [0.3, 0.4) is 0 Å². The van der Waals surface area contributed by atoms with Crippen molar-refractivity contribution in [3.05, 3.63) is 113 Å². The Balaban J connectivity index is 1.50. The molecule has 0 fully saturated rings. The molecule has 4 aromatic rings. The van der Waals surface area contributed by atoms with E-state index in [0.717, 1.165) is 4.90 Å². The number of thioether (sulfide) groups is 1. The van der Waals surface area contributed by atoms with Crippen LogP contribution >= 0.6 is 23.1 Å². The summed E-state index contributed by atoms with van der Waals surface area (Å²) in [4.78, 5) is 43.3. The fraction of sp³-hybridized carbons (Fsp3) is 0.0714. The molecule has 0 saturated carbocycles. The second-order valence-electron chi connectivity index (χ2n) is 7.97. The molecule has 1 atom stereocenters. The molecule has 0 bridgehead atoms. The highest BCUT2D eigenvalue weighted by atomic mass is 32.2. The van der Waals surface area contributed by atoms with E-state index in [1.807, 2.05) is 6.07 Å². The number of amides is 3. The van der Waals surface area contributed by atoms with Crippen molar-refractivity contribution in [3.63, 3.8) is 0 Å². The lowest BCUT2D eigenvalue weighted by molar-refractivity contribution is -0.115. The van der Waals surface area contributed by atoms with Gasteiger partial charge in [0.2, 0.25) is 5.91 Å². The summed E-state index contributed by atoms with van der Waals surface area (Å²) in [5, 5.41) is 9.98. The van der Waals surface area contributed by atoms with Gasteiger partial charge in [-0.3, -0.25) is 14.4 Å². The van der Waals surface area contributed by atoms with Crippen LogP contribution < -0.4 is 16.0 Å². The maximum absolute atomic E-state index is 14.3. The predicted octanol–water partition coefficient (Wildman–Crippen LogP) is 5.81. The van der Waals surface area contributed by atoms with E-state index in [9.17, 15) is 18.8 Å². The van der Waals surface area contributed by atoms with Crippen LogP contribution in [0.15, 0.2) is 101 Å². The average molecular weight is 547 g/mol. The maximum atomic E-state index is 14.3. The number of anilines is 2. The van der Waals surface area contributed by atoms with Gasteiger partial charge in [0.15, 0.2) is 5.13 Å². The number of nitrogens with zero attached hydrogens (tertiary/aromatic N) is 1. The first-order valence-electron chi connectivity index (χ1n) is 11.5. The zero-order valence-electron chi connectivity index (χ0n) is 20.2. The first-order chi connectivity index (χ1) is 18.4. The average Bonchev–Trinajstić information content (AvgIpc) is 3.43. The molecule has 0 aliphatic heterocycles. The number of rotatable bonds is 9. The number of aromatic nitrogens is 1. The summed E-state index contributed by atoms with van der Waals surface area (Å²) in [5.41, 5.74) is 0.817. The molecular formula is C28H23FN4O3S2. The Hall–Kier alpha value is -4.28. The van der Waals surface area contributed by atoms with E-state index >= 15 is 0 Å². The second kappa shape index (κ2) is 12.8. The molecule has 1 heterocycles. The fourth-order valence-corrected chi connectivity index (χ4v) is 4.74. The van der Waals surface area contributed by atoms with Crippen molar-refractivity contribution < 1.29 is 18.8 Å². The Morgan fingerprint density at radius 1 is 0.974 bits per heavy atom. The Bertz CT molecular complexity index is 1460. The molecule has 1 aromatic heterocycles. The number of nitrogens with one attached hydrogen (secondary N) is 3. The van der Waals surface area contributed by atoms with E-state index in [0.29, 0.717) is 16.4 Å². The van der Waals surface area contributed by atoms with Gasteiger partial charge >= 0.3 is 0 Å². The summed E-state index contributed by atoms with van der Waals surface area (Å²) < 4.78 is 14.3. The number of halogens is 1. The van der Waals surface area contributed by atoms with Gasteiger partial charge in [0.05, 0.1) is 5.25 Å². The number of carbonyl (C=O) groups is 3. The van der Waals surface area contributed by atoms with Crippen LogP contribution in [0.4, 0.5) is 15.2 Å². The zero-order valence-corrected chi connectivity index (χ0v) is 21.8. The molecule has 0 saturated heterocycles. The molecule has 0 aliphatic carbocycles. The monoisotopic (exact) mass is 546 g/mol. The van der Waals surface area contributed by atoms with E-state index in [1.54, 1.807) is 73.1 Å². The summed E-state index contributed by atoms with van der Waals surface area (Å²) in [6, 6.07) is 21.3. The van der Waals surface area contributed by atoms with Crippen molar-refractivity contribution in [2.24, 2.45) is 0 Å². The Morgan fingerprint density at radius 3 is 2.47 bits per heavy atom. The smallest absolute Gasteiger partial charge is 0.272 e. The van der Waals surface area contributed by atoms with Crippen LogP contribution in [0, 0.1) is 5.82 Å². The Morgan fingerprint density at radius 2 is 1.74 bits per heavy atom. The van der Waals surface area contributed by atoms with Gasteiger partial charge in [-0.15, -0.1) is 23.1 Å². The van der Waals surface area contributed by atoms with Gasteiger partial charge in [-0.25, -0.2) is 9.37 Å². The minimum atomic E-state index is -0.630. The maximum Gasteiger partial charge on any atom is 0.272 e. The number of benzene rings is 3. The molecule has 38 heavy (non-hydrogen) atoms. The lowest BCUT2D eigenvalue weighted by Gasteiger charge is -2.14. The van der Waals surface area contributed by atoms with Crippen molar-refractivity contribution in [3.8, 4) is 0 Å². The van der Waals surface area contributed by atoms with Gasteiger partial charge in [-0.05, 0) is 49.4 Å². The molecular weight excluding hydrogens is 523 g/mol. The quantitative estimate of drug-likeness (QED) is 0.182. The first-order valence-corrected chi connectivity index (χ1v) is 13.3. The Kier molecular flexibility index (Phi) is 9.02. The van der Waals surface area contributed by atoms with Crippen molar-refractivity contribution in [1.29, 1.82) is 0 Å². The highest BCUT2D eigenvalue weighted by Crippen LogP contribution is 2.27. The summed E-state index contributed by atoms with van der Waals surface area (Å²) >= 11 is 2.65. The summed E-state index contributed by atoms with van der Waals surface area (Å²) in [5.74, 6) is -1.87. The van der Waals surface area contributed by atoms with Gasteiger partial charge in [0, 0.05) is 33.3 Å². The largest absolute Gasteiger partial charge is 0.321 e. The predicted molar refractivity (Wildman–Crippen MR) is 149 cm³/mol. The molecule has 3 amide bonds. The van der Waals surface area contributed by atoms with Gasteiger partial charge in [-0.1, -0.05) is 42.5 Å². The van der Waals surface area contributed by atoms with E-state index in [2.05, 4.69) is 20.9 Å². The van der Waals surface area contributed by atoms with Gasteiger partial charge in [-0.2, -0.15) is 0 Å². The van der Waals surface area contributed by atoms with E-state index in [-0.39, 0.29) is 17.2 Å². The standard InChI is InChI=1S/C28H23FN4O3S2/c1-18(25(34)33-28-30-14-15-37-28)38-22-12-7-11-21(17-22)31-27(36)24(16-20-10-5-6-13-23(20)29)32-26(35)19-8-3-2-4-9-19/h2-18H,1H3,(H,31,36)(H,32,35)(H,30,33,34)/b24-16-. The topological polar surface area (TPSA) is 100 Å². The van der Waals surface area contributed by atoms with E-state index in [1.165, 1.54) is 47.4 Å². The molecule has 3 aromatic carbocycles. The molecule has 10 heteroatoms. The molecule has 1 unspecified atom stereocenters. The minimum absolute atomic E-state index is 0.127. The molecule has 0 aliphatic rings. The van der Waals surface area contributed by atoms with Gasteiger partial charge in [0.25, 0.3) is 11.8 Å². The Labute approximate surface area is 227 Å². The number of hydrogen-bond donors (Lipinski definition) is 3. The van der Waals surface area contributed by atoms with E-state index < -0.39 is 22.9 Å². The van der Waals surface area contributed by atoms with E-state index in [4.69, 9.17) is 0 Å². The van der Waals surface area contributed by atoms with Crippen LogP contribution in [0.5, 0.6) is 0 Å². The van der Waals surface area contributed by atoms with Gasteiger partial charge < -0.3 is 16.0 Å². The third kappa shape index (κ3) is 7.37. The molecule has 0 spiro atoms. The van der Waals surface area contributed by atoms with Crippen LogP contribution in [-0.4, -0.2) is 28.0 Å². The molecule has 7 nitrogen and oxygen atoms in total. The number of carbonyl (C=O) groups excluding carboxylic acids is 3. The molecule has 4 rings (SSSR count). The summed E-state index contributed by atoms with van der Waals surface area (Å²) in [6.45, 7) is 1.77. The molecule has 3 N–H and O–H groups in total. The first kappa shape index (κ1) is 26.8. The van der Waals surface area contributed by atoms with Crippen molar-refractivity contribution >= 4 is 57.7 Å². The van der Waals surface area contributed by atoms with Gasteiger partial charge in [0.1, 0.15) is 11.5 Å². The summed E-state index contributed by atoms with van der Waals surface area (Å²) in [6.07, 6.45) is 2.90.